The highest BCUT2D eigenvalue weighted by atomic mass is 16.5. The monoisotopic (exact) mass is 285 g/mol. The number of hydrogen-bond acceptors (Lipinski definition) is 4. The molecule has 0 spiro atoms. The van der Waals surface area contributed by atoms with Crippen molar-refractivity contribution in [1.29, 1.82) is 0 Å². The quantitative estimate of drug-likeness (QED) is 0.765. The van der Waals surface area contributed by atoms with E-state index in [-0.39, 0.29) is 5.97 Å². The molecule has 110 valence electrons. The summed E-state index contributed by atoms with van der Waals surface area (Å²) in [6.45, 7) is 2.45. The third kappa shape index (κ3) is 4.60. The standard InChI is InChI=1S/C17H19NO3/c1-13-5-4-10-18-16(13)12-21-15-7-3-6-14(11-15)8-9-17(19)20-2/h3-7,10-11H,8-9,12H2,1-2H3. The highest BCUT2D eigenvalue weighted by Gasteiger charge is 2.04. The third-order valence-corrected chi connectivity index (χ3v) is 3.24. The zero-order valence-electron chi connectivity index (χ0n) is 12.3. The van der Waals surface area contributed by atoms with Crippen molar-refractivity contribution in [3.8, 4) is 5.75 Å². The Bertz CT molecular complexity index is 610. The van der Waals surface area contributed by atoms with Crippen molar-refractivity contribution >= 4 is 5.97 Å². The maximum atomic E-state index is 11.2. The molecular formula is C17H19NO3. The second-order valence-electron chi connectivity index (χ2n) is 4.78. The predicted octanol–water partition coefficient (Wildman–Crippen LogP) is 3.07. The Morgan fingerprint density at radius 1 is 1.24 bits per heavy atom. The maximum Gasteiger partial charge on any atom is 0.305 e. The number of carbonyl (C=O) groups excluding carboxylic acids is 1. The minimum Gasteiger partial charge on any atom is -0.487 e. The summed E-state index contributed by atoms with van der Waals surface area (Å²) in [7, 11) is 1.40. The molecule has 0 radical (unpaired) electrons. The lowest BCUT2D eigenvalue weighted by Gasteiger charge is -2.09. The van der Waals surface area contributed by atoms with Crippen LogP contribution in [-0.4, -0.2) is 18.1 Å². The van der Waals surface area contributed by atoms with E-state index in [1.54, 1.807) is 6.20 Å². The van der Waals surface area contributed by atoms with Gasteiger partial charge in [0.25, 0.3) is 0 Å². The van der Waals surface area contributed by atoms with E-state index in [0.717, 1.165) is 22.6 Å². The van der Waals surface area contributed by atoms with Crippen LogP contribution >= 0.6 is 0 Å². The lowest BCUT2D eigenvalue weighted by Crippen LogP contribution is -2.03. The third-order valence-electron chi connectivity index (χ3n) is 3.24. The molecule has 0 fully saturated rings. The van der Waals surface area contributed by atoms with E-state index in [2.05, 4.69) is 9.72 Å². The number of aromatic nitrogens is 1. The van der Waals surface area contributed by atoms with Gasteiger partial charge in [-0.1, -0.05) is 18.2 Å². The van der Waals surface area contributed by atoms with Crippen LogP contribution in [-0.2, 0) is 22.6 Å². The van der Waals surface area contributed by atoms with Crippen molar-refractivity contribution in [2.75, 3.05) is 7.11 Å². The lowest BCUT2D eigenvalue weighted by molar-refractivity contribution is -0.140. The highest BCUT2D eigenvalue weighted by Crippen LogP contribution is 2.17. The number of aryl methyl sites for hydroxylation is 2. The van der Waals surface area contributed by atoms with Gasteiger partial charge in [-0.3, -0.25) is 9.78 Å². The number of ether oxygens (including phenoxy) is 2. The number of nitrogens with zero attached hydrogens (tertiary/aromatic N) is 1. The topological polar surface area (TPSA) is 48.4 Å². The predicted molar refractivity (Wildman–Crippen MR) is 80.1 cm³/mol. The molecule has 0 N–H and O–H groups in total. The molecule has 1 aromatic heterocycles. The Balaban J connectivity index is 1.95. The van der Waals surface area contributed by atoms with Crippen LogP contribution in [0.5, 0.6) is 5.75 Å². The Hall–Kier alpha value is -2.36. The molecule has 0 saturated heterocycles. The van der Waals surface area contributed by atoms with Gasteiger partial charge in [-0.05, 0) is 42.7 Å². The van der Waals surface area contributed by atoms with Gasteiger partial charge in [-0.25, -0.2) is 0 Å². The number of pyridine rings is 1. The fraction of sp³-hybridized carbons (Fsp3) is 0.294. The molecule has 2 rings (SSSR count). The Labute approximate surface area is 124 Å². The van der Waals surface area contributed by atoms with Crippen LogP contribution in [0.1, 0.15) is 23.2 Å². The molecule has 21 heavy (non-hydrogen) atoms. The van der Waals surface area contributed by atoms with Gasteiger partial charge in [-0.15, -0.1) is 0 Å². The minimum absolute atomic E-state index is 0.203. The maximum absolute atomic E-state index is 11.2. The van der Waals surface area contributed by atoms with E-state index >= 15 is 0 Å². The summed E-state index contributed by atoms with van der Waals surface area (Å²) in [4.78, 5) is 15.5. The van der Waals surface area contributed by atoms with Gasteiger partial charge in [0.1, 0.15) is 12.4 Å². The number of rotatable bonds is 6. The number of methoxy groups -OCH3 is 1. The van der Waals surface area contributed by atoms with Gasteiger partial charge in [0.05, 0.1) is 12.8 Å². The normalized spacial score (nSPS) is 10.2. The van der Waals surface area contributed by atoms with Crippen LogP contribution in [0.15, 0.2) is 42.6 Å². The summed E-state index contributed by atoms with van der Waals surface area (Å²) in [5, 5.41) is 0. The van der Waals surface area contributed by atoms with Crippen LogP contribution in [0.3, 0.4) is 0 Å². The summed E-state index contributed by atoms with van der Waals surface area (Å²) >= 11 is 0. The van der Waals surface area contributed by atoms with E-state index in [9.17, 15) is 4.79 Å². The largest absolute Gasteiger partial charge is 0.487 e. The molecule has 0 amide bonds. The van der Waals surface area contributed by atoms with Gasteiger partial charge in [0.15, 0.2) is 0 Å². The Kier molecular flexibility index (Phi) is 5.32. The number of carbonyl (C=O) groups is 1. The van der Waals surface area contributed by atoms with Crippen molar-refractivity contribution < 1.29 is 14.3 Å². The molecule has 4 heteroatoms. The van der Waals surface area contributed by atoms with Crippen molar-refractivity contribution in [3.05, 3.63) is 59.4 Å². The molecule has 4 nitrogen and oxygen atoms in total. The first kappa shape index (κ1) is 15.0. The van der Waals surface area contributed by atoms with Gasteiger partial charge < -0.3 is 9.47 Å². The number of esters is 1. The van der Waals surface area contributed by atoms with Gasteiger partial charge in [-0.2, -0.15) is 0 Å². The average molecular weight is 285 g/mol. The average Bonchev–Trinajstić information content (AvgIpc) is 2.52. The molecule has 0 atom stereocenters. The van der Waals surface area contributed by atoms with Crippen LogP contribution < -0.4 is 4.74 Å². The fourth-order valence-corrected chi connectivity index (χ4v) is 1.96. The van der Waals surface area contributed by atoms with Crippen LogP contribution in [0.2, 0.25) is 0 Å². The van der Waals surface area contributed by atoms with E-state index in [0.29, 0.717) is 19.4 Å². The molecule has 0 saturated carbocycles. The first-order chi connectivity index (χ1) is 10.2. The smallest absolute Gasteiger partial charge is 0.305 e. The SMILES string of the molecule is COC(=O)CCc1cccc(OCc2ncccc2C)c1. The number of benzene rings is 1. The zero-order valence-corrected chi connectivity index (χ0v) is 12.3. The first-order valence-corrected chi connectivity index (χ1v) is 6.88. The van der Waals surface area contributed by atoms with Gasteiger partial charge in [0, 0.05) is 12.6 Å². The Morgan fingerprint density at radius 3 is 2.86 bits per heavy atom. The summed E-state index contributed by atoms with van der Waals surface area (Å²) in [6.07, 6.45) is 2.78. The molecular weight excluding hydrogens is 266 g/mol. The van der Waals surface area contributed by atoms with Crippen molar-refractivity contribution in [2.24, 2.45) is 0 Å². The second kappa shape index (κ2) is 7.43. The van der Waals surface area contributed by atoms with E-state index < -0.39 is 0 Å². The summed E-state index contributed by atoms with van der Waals surface area (Å²) in [5.41, 5.74) is 3.09. The molecule has 0 aliphatic rings. The summed E-state index contributed by atoms with van der Waals surface area (Å²) < 4.78 is 10.4. The van der Waals surface area contributed by atoms with Crippen LogP contribution in [0.4, 0.5) is 0 Å². The second-order valence-corrected chi connectivity index (χ2v) is 4.78. The van der Waals surface area contributed by atoms with Gasteiger partial charge >= 0.3 is 5.97 Å². The molecule has 0 aliphatic carbocycles. The summed E-state index contributed by atoms with van der Waals surface area (Å²) in [6, 6.07) is 11.7. The number of hydrogen-bond donors (Lipinski definition) is 0. The van der Waals surface area contributed by atoms with E-state index in [1.165, 1.54) is 7.11 Å². The van der Waals surface area contributed by atoms with Crippen LogP contribution in [0.25, 0.3) is 0 Å². The van der Waals surface area contributed by atoms with Crippen LogP contribution in [0, 0.1) is 6.92 Å². The molecule has 0 aliphatic heterocycles. The zero-order chi connectivity index (χ0) is 15.1. The van der Waals surface area contributed by atoms with Crippen molar-refractivity contribution in [3.63, 3.8) is 0 Å². The van der Waals surface area contributed by atoms with Crippen molar-refractivity contribution in [1.82, 2.24) is 4.98 Å². The minimum atomic E-state index is -0.203. The lowest BCUT2D eigenvalue weighted by atomic mass is 10.1. The fourth-order valence-electron chi connectivity index (χ4n) is 1.96. The first-order valence-electron chi connectivity index (χ1n) is 6.88. The van der Waals surface area contributed by atoms with Crippen molar-refractivity contribution in [2.45, 2.75) is 26.4 Å². The molecule has 1 aromatic carbocycles. The van der Waals surface area contributed by atoms with Gasteiger partial charge in [0.2, 0.25) is 0 Å². The Morgan fingerprint density at radius 2 is 2.10 bits per heavy atom. The molecule has 0 bridgehead atoms. The molecule has 0 unspecified atom stereocenters. The van der Waals surface area contributed by atoms with E-state index in [4.69, 9.17) is 4.74 Å². The highest BCUT2D eigenvalue weighted by molar-refractivity contribution is 5.69. The molecule has 1 heterocycles. The summed E-state index contributed by atoms with van der Waals surface area (Å²) in [5.74, 6) is 0.577. The molecule has 2 aromatic rings. The van der Waals surface area contributed by atoms with E-state index in [1.807, 2.05) is 43.3 Å².